The quantitative estimate of drug-likeness (QED) is 0.750. The van der Waals surface area contributed by atoms with Gasteiger partial charge in [-0.1, -0.05) is 18.2 Å². The van der Waals surface area contributed by atoms with E-state index < -0.39 is 11.4 Å². The topological polar surface area (TPSA) is 82.8 Å². The first kappa shape index (κ1) is 19.1. The van der Waals surface area contributed by atoms with Gasteiger partial charge in [-0.15, -0.1) is 11.8 Å². The molecule has 4 rings (SSSR count). The fourth-order valence-corrected chi connectivity index (χ4v) is 4.99. The Morgan fingerprint density at radius 1 is 1.21 bits per heavy atom. The number of carbonyl (C=O) groups excluding carboxylic acids is 1. The second-order valence-corrected chi connectivity index (χ2v) is 8.49. The molecule has 1 aromatic heterocycles. The van der Waals surface area contributed by atoms with Crippen LogP contribution >= 0.6 is 11.8 Å². The van der Waals surface area contributed by atoms with Crippen molar-refractivity contribution in [2.24, 2.45) is 5.41 Å². The number of piperidine rings is 2. The number of rotatable bonds is 5. The van der Waals surface area contributed by atoms with Gasteiger partial charge in [-0.25, -0.2) is 0 Å². The number of thioether (sulfide) groups is 1. The van der Waals surface area contributed by atoms with Crippen molar-refractivity contribution in [3.8, 4) is 0 Å². The number of amides is 1. The number of likely N-dealkylation sites (tertiary alicyclic amines) is 1. The first-order chi connectivity index (χ1) is 13.6. The number of nitrogens with one attached hydrogen (secondary N) is 1. The van der Waals surface area contributed by atoms with Gasteiger partial charge in [0.1, 0.15) is 5.76 Å². The van der Waals surface area contributed by atoms with Crippen LogP contribution in [0.5, 0.6) is 0 Å². The Morgan fingerprint density at radius 2 is 2.04 bits per heavy atom. The molecule has 0 spiro atoms. The van der Waals surface area contributed by atoms with Gasteiger partial charge < -0.3 is 19.7 Å². The Labute approximate surface area is 168 Å². The molecule has 2 fully saturated rings. The zero-order chi connectivity index (χ0) is 19.6. The summed E-state index contributed by atoms with van der Waals surface area (Å²) < 4.78 is 5.78. The molecule has 2 saturated heterocycles. The van der Waals surface area contributed by atoms with Crippen molar-refractivity contribution in [1.82, 2.24) is 10.2 Å². The lowest BCUT2D eigenvalue weighted by Crippen LogP contribution is -2.63. The lowest BCUT2D eigenvalue weighted by atomic mass is 9.69. The third-order valence-corrected chi connectivity index (χ3v) is 6.83. The van der Waals surface area contributed by atoms with Crippen LogP contribution in [0, 0.1) is 5.41 Å². The summed E-state index contributed by atoms with van der Waals surface area (Å²) in [6.07, 6.45) is 2.00. The zero-order valence-electron chi connectivity index (χ0n) is 15.6. The summed E-state index contributed by atoms with van der Waals surface area (Å²) in [5, 5.41) is 13.1. The van der Waals surface area contributed by atoms with Gasteiger partial charge in [0.15, 0.2) is 5.76 Å². The molecule has 7 heteroatoms. The Hall–Kier alpha value is -2.25. The predicted octanol–water partition coefficient (Wildman–Crippen LogP) is 3.24. The molecule has 3 heterocycles. The van der Waals surface area contributed by atoms with E-state index in [-0.39, 0.29) is 11.9 Å². The van der Waals surface area contributed by atoms with Crippen molar-refractivity contribution < 1.29 is 19.1 Å². The molecule has 0 unspecified atom stereocenters. The maximum absolute atomic E-state index is 12.9. The summed E-state index contributed by atoms with van der Waals surface area (Å²) in [7, 11) is 0. The van der Waals surface area contributed by atoms with Gasteiger partial charge in [0, 0.05) is 24.0 Å². The van der Waals surface area contributed by atoms with Crippen molar-refractivity contribution in [3.05, 3.63) is 54.0 Å². The Kier molecular flexibility index (Phi) is 5.46. The van der Waals surface area contributed by atoms with Gasteiger partial charge in [-0.3, -0.25) is 9.59 Å². The molecule has 2 aliphatic heterocycles. The van der Waals surface area contributed by atoms with Crippen LogP contribution in [-0.2, 0) is 10.5 Å². The number of benzene rings is 1. The number of hydrogen-bond acceptors (Lipinski definition) is 5. The standard InChI is InChI=1S/C21H24N2O4S/c24-19(17-8-7-15(27-17)14-28-16-5-2-1-3-6-16)23-12-10-21(20(25)26)9-4-11-22-18(21)13-23/h1-3,5-8,18,22H,4,9-14H2,(H,25,26)/t18-,21+/m1/s1. The molecule has 0 bridgehead atoms. The lowest BCUT2D eigenvalue weighted by Gasteiger charge is -2.48. The number of fused-ring (bicyclic) bond motifs is 1. The normalized spacial score (nSPS) is 24.6. The molecule has 0 aliphatic carbocycles. The van der Waals surface area contributed by atoms with Crippen LogP contribution in [-0.4, -0.2) is 47.6 Å². The highest BCUT2D eigenvalue weighted by molar-refractivity contribution is 7.98. The van der Waals surface area contributed by atoms with Gasteiger partial charge >= 0.3 is 5.97 Å². The third kappa shape index (κ3) is 3.69. The van der Waals surface area contributed by atoms with E-state index in [9.17, 15) is 14.7 Å². The number of carboxylic acids is 1. The minimum absolute atomic E-state index is 0.165. The number of aliphatic carboxylic acids is 1. The van der Waals surface area contributed by atoms with Crippen molar-refractivity contribution in [1.29, 1.82) is 0 Å². The van der Waals surface area contributed by atoms with E-state index in [1.165, 1.54) is 0 Å². The van der Waals surface area contributed by atoms with E-state index in [0.29, 0.717) is 37.4 Å². The summed E-state index contributed by atoms with van der Waals surface area (Å²) in [6.45, 7) is 1.64. The molecule has 2 aromatic rings. The Bertz CT molecular complexity index is 853. The fourth-order valence-electron chi connectivity index (χ4n) is 4.18. The predicted molar refractivity (Wildman–Crippen MR) is 106 cm³/mol. The average molecular weight is 401 g/mol. The molecule has 1 aromatic carbocycles. The number of carboxylic acid groups (broad SMARTS) is 1. The Balaban J connectivity index is 1.40. The van der Waals surface area contributed by atoms with Crippen LogP contribution in [0.1, 0.15) is 35.6 Å². The SMILES string of the molecule is O=C(c1ccc(CSc2ccccc2)o1)N1CC[C@@]2(C(=O)O)CCCN[C@@H]2C1. The van der Waals surface area contributed by atoms with Crippen LogP contribution in [0.15, 0.2) is 51.8 Å². The van der Waals surface area contributed by atoms with Gasteiger partial charge in [-0.2, -0.15) is 0 Å². The van der Waals surface area contributed by atoms with E-state index in [0.717, 1.165) is 23.6 Å². The molecule has 148 valence electrons. The molecule has 2 aliphatic rings. The largest absolute Gasteiger partial charge is 0.481 e. The highest BCUT2D eigenvalue weighted by atomic mass is 32.2. The summed E-state index contributed by atoms with van der Waals surface area (Å²) >= 11 is 1.66. The molecule has 0 radical (unpaired) electrons. The van der Waals surface area contributed by atoms with Crippen LogP contribution < -0.4 is 5.32 Å². The van der Waals surface area contributed by atoms with E-state index in [2.05, 4.69) is 5.32 Å². The molecular weight excluding hydrogens is 376 g/mol. The number of nitrogens with zero attached hydrogens (tertiary/aromatic N) is 1. The number of hydrogen-bond donors (Lipinski definition) is 2. The van der Waals surface area contributed by atoms with Gasteiger partial charge in [0.05, 0.1) is 11.2 Å². The number of furan rings is 1. The van der Waals surface area contributed by atoms with Crippen molar-refractivity contribution in [2.75, 3.05) is 19.6 Å². The Morgan fingerprint density at radius 3 is 2.82 bits per heavy atom. The minimum Gasteiger partial charge on any atom is -0.481 e. The van der Waals surface area contributed by atoms with Gasteiger partial charge in [0.2, 0.25) is 0 Å². The van der Waals surface area contributed by atoms with Crippen LogP contribution in [0.3, 0.4) is 0 Å². The second-order valence-electron chi connectivity index (χ2n) is 7.44. The third-order valence-electron chi connectivity index (χ3n) is 5.80. The van der Waals surface area contributed by atoms with E-state index >= 15 is 0 Å². The van der Waals surface area contributed by atoms with E-state index in [1.807, 2.05) is 36.4 Å². The maximum Gasteiger partial charge on any atom is 0.311 e. The molecule has 0 saturated carbocycles. The lowest BCUT2D eigenvalue weighted by molar-refractivity contribution is -0.156. The summed E-state index contributed by atoms with van der Waals surface area (Å²) in [6, 6.07) is 13.4. The van der Waals surface area contributed by atoms with Crippen LogP contribution in [0.25, 0.3) is 0 Å². The van der Waals surface area contributed by atoms with Crippen LogP contribution in [0.4, 0.5) is 0 Å². The van der Waals surface area contributed by atoms with Gasteiger partial charge in [0.25, 0.3) is 5.91 Å². The average Bonchev–Trinajstić information content (AvgIpc) is 3.21. The zero-order valence-corrected chi connectivity index (χ0v) is 16.4. The van der Waals surface area contributed by atoms with Gasteiger partial charge in [-0.05, 0) is 50.1 Å². The molecule has 28 heavy (non-hydrogen) atoms. The summed E-state index contributed by atoms with van der Waals surface area (Å²) in [4.78, 5) is 27.6. The van der Waals surface area contributed by atoms with Crippen LogP contribution in [0.2, 0.25) is 0 Å². The van der Waals surface area contributed by atoms with Crippen molar-refractivity contribution in [2.45, 2.75) is 36.0 Å². The molecule has 2 atom stereocenters. The van der Waals surface area contributed by atoms with Crippen molar-refractivity contribution >= 4 is 23.6 Å². The monoisotopic (exact) mass is 400 g/mol. The van der Waals surface area contributed by atoms with Crippen molar-refractivity contribution in [3.63, 3.8) is 0 Å². The highest BCUT2D eigenvalue weighted by Gasteiger charge is 2.51. The smallest absolute Gasteiger partial charge is 0.311 e. The summed E-state index contributed by atoms with van der Waals surface area (Å²) in [5.41, 5.74) is -0.754. The number of carbonyl (C=O) groups is 2. The summed E-state index contributed by atoms with van der Waals surface area (Å²) in [5.74, 6) is 0.813. The van der Waals surface area contributed by atoms with E-state index in [4.69, 9.17) is 4.42 Å². The second kappa shape index (κ2) is 8.01. The maximum atomic E-state index is 12.9. The fraction of sp³-hybridized carbons (Fsp3) is 0.429. The molecule has 1 amide bonds. The highest BCUT2D eigenvalue weighted by Crippen LogP contribution is 2.39. The molecule has 6 nitrogen and oxygen atoms in total. The first-order valence-corrected chi connectivity index (χ1v) is 10.6. The minimum atomic E-state index is -0.755. The molecular formula is C21H24N2O4S. The first-order valence-electron chi connectivity index (χ1n) is 9.61. The van der Waals surface area contributed by atoms with E-state index in [1.54, 1.807) is 22.7 Å². The molecule has 2 N–H and O–H groups in total.